The van der Waals surface area contributed by atoms with Crippen LogP contribution >= 0.6 is 0 Å². The molecule has 100 valence electrons. The van der Waals surface area contributed by atoms with Crippen molar-refractivity contribution >= 4 is 0 Å². The lowest BCUT2D eigenvalue weighted by atomic mass is 9.74. The first kappa shape index (κ1) is 13.6. The predicted molar refractivity (Wildman–Crippen MR) is 77.0 cm³/mol. The summed E-state index contributed by atoms with van der Waals surface area (Å²) in [5.41, 5.74) is 3.02. The van der Waals surface area contributed by atoms with Gasteiger partial charge in [0.15, 0.2) is 0 Å². The average molecular weight is 246 g/mol. The van der Waals surface area contributed by atoms with E-state index in [1.807, 2.05) is 0 Å². The maximum Gasteiger partial charge on any atom is 0.0537 e. The average Bonchev–Trinajstić information content (AvgIpc) is 2.38. The lowest BCUT2D eigenvalue weighted by molar-refractivity contribution is 0.0315. The molecule has 1 heterocycles. The molecule has 0 radical (unpaired) electrons. The monoisotopic (exact) mass is 246 g/mol. The zero-order valence-corrected chi connectivity index (χ0v) is 12.1. The van der Waals surface area contributed by atoms with E-state index >= 15 is 0 Å². The maximum atomic E-state index is 5.75. The van der Waals surface area contributed by atoms with Crippen LogP contribution in [0.15, 0.2) is 24.3 Å². The summed E-state index contributed by atoms with van der Waals surface area (Å²) in [4.78, 5) is 0. The summed E-state index contributed by atoms with van der Waals surface area (Å²) in [7, 11) is 0. The summed E-state index contributed by atoms with van der Waals surface area (Å²) in [5.74, 6) is 2.67. The van der Waals surface area contributed by atoms with Gasteiger partial charge in [0.25, 0.3) is 0 Å². The van der Waals surface area contributed by atoms with Gasteiger partial charge in [0.05, 0.1) is 6.61 Å². The molecule has 0 spiro atoms. The molecule has 1 saturated heterocycles. The quantitative estimate of drug-likeness (QED) is 0.758. The van der Waals surface area contributed by atoms with E-state index in [-0.39, 0.29) is 0 Å². The van der Waals surface area contributed by atoms with Crippen molar-refractivity contribution in [3.63, 3.8) is 0 Å². The first-order valence-corrected chi connectivity index (χ1v) is 7.27. The Kier molecular flexibility index (Phi) is 4.45. The van der Waals surface area contributed by atoms with Crippen LogP contribution in [0.5, 0.6) is 0 Å². The fourth-order valence-electron chi connectivity index (χ4n) is 3.25. The van der Waals surface area contributed by atoms with Crippen molar-refractivity contribution in [3.05, 3.63) is 35.4 Å². The third-order valence-corrected chi connectivity index (χ3v) is 4.28. The zero-order chi connectivity index (χ0) is 13.1. The highest BCUT2D eigenvalue weighted by Gasteiger charge is 2.30. The van der Waals surface area contributed by atoms with Crippen LogP contribution in [-0.4, -0.2) is 13.2 Å². The molecular formula is C17H26O. The van der Waals surface area contributed by atoms with Crippen LogP contribution in [0.1, 0.15) is 57.1 Å². The molecule has 0 amide bonds. The van der Waals surface area contributed by atoms with Crippen LogP contribution in [0.2, 0.25) is 0 Å². The highest BCUT2D eigenvalue weighted by Crippen LogP contribution is 2.39. The van der Waals surface area contributed by atoms with Gasteiger partial charge in [-0.15, -0.1) is 0 Å². The number of hydrogen-bond donors (Lipinski definition) is 0. The van der Waals surface area contributed by atoms with Crippen molar-refractivity contribution in [1.29, 1.82) is 0 Å². The molecule has 0 saturated carbocycles. The molecular weight excluding hydrogens is 220 g/mol. The van der Waals surface area contributed by atoms with E-state index in [4.69, 9.17) is 4.74 Å². The van der Waals surface area contributed by atoms with Gasteiger partial charge in [-0.05, 0) is 35.3 Å². The second-order valence-corrected chi connectivity index (χ2v) is 6.16. The lowest BCUT2D eigenvalue weighted by Gasteiger charge is -2.36. The maximum absolute atomic E-state index is 5.75. The molecule has 2 unspecified atom stereocenters. The van der Waals surface area contributed by atoms with Crippen molar-refractivity contribution in [2.24, 2.45) is 11.8 Å². The van der Waals surface area contributed by atoms with E-state index in [0.29, 0.717) is 11.8 Å². The van der Waals surface area contributed by atoms with Crippen molar-refractivity contribution < 1.29 is 4.74 Å². The van der Waals surface area contributed by atoms with Gasteiger partial charge in [-0.25, -0.2) is 0 Å². The Labute approximate surface area is 112 Å². The van der Waals surface area contributed by atoms with Crippen molar-refractivity contribution in [2.75, 3.05) is 13.2 Å². The largest absolute Gasteiger partial charge is 0.381 e. The standard InChI is InChI=1S/C17H26O/c1-12(2)14-7-5-6-8-16(14)17-11-18-10-9-15(17)13(3)4/h5-8,12-13,15,17H,9-11H2,1-4H3. The number of rotatable bonds is 3. The SMILES string of the molecule is CC(C)c1ccccc1C1COCCC1C(C)C. The number of ether oxygens (including phenoxy) is 1. The summed E-state index contributed by atoms with van der Waals surface area (Å²) in [5, 5.41) is 0. The Balaban J connectivity index is 2.33. The first-order chi connectivity index (χ1) is 8.61. The Morgan fingerprint density at radius 2 is 1.83 bits per heavy atom. The molecule has 2 rings (SSSR count). The minimum absolute atomic E-state index is 0.581. The van der Waals surface area contributed by atoms with Gasteiger partial charge >= 0.3 is 0 Å². The van der Waals surface area contributed by atoms with Crippen LogP contribution in [0.3, 0.4) is 0 Å². The van der Waals surface area contributed by atoms with E-state index in [2.05, 4.69) is 52.0 Å². The molecule has 1 aliphatic rings. The van der Waals surface area contributed by atoms with Gasteiger partial charge in [0.2, 0.25) is 0 Å². The smallest absolute Gasteiger partial charge is 0.0537 e. The number of hydrogen-bond acceptors (Lipinski definition) is 1. The third kappa shape index (κ3) is 2.77. The molecule has 1 heteroatoms. The van der Waals surface area contributed by atoms with Gasteiger partial charge in [0, 0.05) is 12.5 Å². The van der Waals surface area contributed by atoms with E-state index < -0.39 is 0 Å². The van der Waals surface area contributed by atoms with Gasteiger partial charge in [-0.1, -0.05) is 52.0 Å². The van der Waals surface area contributed by atoms with Crippen LogP contribution in [0, 0.1) is 11.8 Å². The van der Waals surface area contributed by atoms with Crippen molar-refractivity contribution in [1.82, 2.24) is 0 Å². The highest BCUT2D eigenvalue weighted by atomic mass is 16.5. The Morgan fingerprint density at radius 1 is 1.11 bits per heavy atom. The summed E-state index contributed by atoms with van der Waals surface area (Å²) >= 11 is 0. The second-order valence-electron chi connectivity index (χ2n) is 6.16. The van der Waals surface area contributed by atoms with Crippen LogP contribution < -0.4 is 0 Å². The molecule has 1 nitrogen and oxygen atoms in total. The fraction of sp³-hybridized carbons (Fsp3) is 0.647. The Hall–Kier alpha value is -0.820. The summed E-state index contributed by atoms with van der Waals surface area (Å²) < 4.78 is 5.75. The van der Waals surface area contributed by atoms with Crippen LogP contribution in [0.4, 0.5) is 0 Å². The molecule has 1 aromatic rings. The molecule has 0 N–H and O–H groups in total. The van der Waals surface area contributed by atoms with Gasteiger partial charge in [0.1, 0.15) is 0 Å². The zero-order valence-electron chi connectivity index (χ0n) is 12.1. The first-order valence-electron chi connectivity index (χ1n) is 7.27. The molecule has 1 aromatic carbocycles. The Bertz CT molecular complexity index is 381. The highest BCUT2D eigenvalue weighted by molar-refractivity contribution is 5.33. The topological polar surface area (TPSA) is 9.23 Å². The summed E-state index contributed by atoms with van der Waals surface area (Å²) in [6.45, 7) is 11.1. The second kappa shape index (κ2) is 5.88. The van der Waals surface area contributed by atoms with E-state index in [1.165, 1.54) is 17.5 Å². The van der Waals surface area contributed by atoms with Gasteiger partial charge in [-0.2, -0.15) is 0 Å². The normalized spacial score (nSPS) is 24.8. The van der Waals surface area contributed by atoms with E-state index in [9.17, 15) is 0 Å². The molecule has 0 aromatic heterocycles. The molecule has 1 fully saturated rings. The van der Waals surface area contributed by atoms with Crippen LogP contribution in [0.25, 0.3) is 0 Å². The molecule has 0 aliphatic carbocycles. The molecule has 18 heavy (non-hydrogen) atoms. The predicted octanol–water partition coefficient (Wildman–Crippen LogP) is 4.59. The Morgan fingerprint density at radius 3 is 2.50 bits per heavy atom. The van der Waals surface area contributed by atoms with Gasteiger partial charge in [-0.3, -0.25) is 0 Å². The fourth-order valence-corrected chi connectivity index (χ4v) is 3.25. The lowest BCUT2D eigenvalue weighted by Crippen LogP contribution is -2.30. The van der Waals surface area contributed by atoms with E-state index in [1.54, 1.807) is 0 Å². The van der Waals surface area contributed by atoms with Crippen molar-refractivity contribution in [3.8, 4) is 0 Å². The number of benzene rings is 1. The van der Waals surface area contributed by atoms with E-state index in [0.717, 1.165) is 25.0 Å². The van der Waals surface area contributed by atoms with Crippen molar-refractivity contribution in [2.45, 2.75) is 46.0 Å². The minimum Gasteiger partial charge on any atom is -0.381 e. The minimum atomic E-state index is 0.581. The van der Waals surface area contributed by atoms with Crippen LogP contribution in [-0.2, 0) is 4.74 Å². The summed E-state index contributed by atoms with van der Waals surface area (Å²) in [6, 6.07) is 8.93. The van der Waals surface area contributed by atoms with Gasteiger partial charge < -0.3 is 4.74 Å². The summed E-state index contributed by atoms with van der Waals surface area (Å²) in [6.07, 6.45) is 1.20. The third-order valence-electron chi connectivity index (χ3n) is 4.28. The molecule has 2 atom stereocenters. The molecule has 0 bridgehead atoms. The molecule has 1 aliphatic heterocycles.